The number of benzene rings is 1. The molecule has 1 atom stereocenters. The number of nitrogens with one attached hydrogen (secondary N) is 1. The van der Waals surface area contributed by atoms with Gasteiger partial charge in [-0.3, -0.25) is 0 Å². The molecule has 0 saturated heterocycles. The van der Waals surface area contributed by atoms with Gasteiger partial charge in [-0.2, -0.15) is 0 Å². The molecule has 0 aliphatic heterocycles. The maximum atomic E-state index is 6.34. The molecule has 6 heteroatoms. The van der Waals surface area contributed by atoms with E-state index in [-0.39, 0.29) is 6.04 Å². The maximum Gasteiger partial charge on any atom is 0.0843 e. The Labute approximate surface area is 147 Å². The quantitative estimate of drug-likeness (QED) is 0.526. The van der Waals surface area contributed by atoms with Crippen molar-refractivity contribution in [1.29, 1.82) is 0 Å². The van der Waals surface area contributed by atoms with Crippen LogP contribution in [0.2, 0.25) is 5.02 Å². The van der Waals surface area contributed by atoms with Gasteiger partial charge in [0.25, 0.3) is 0 Å². The molecular formula is C13H11Br3ClNS. The Morgan fingerprint density at radius 1 is 1.26 bits per heavy atom. The van der Waals surface area contributed by atoms with E-state index in [9.17, 15) is 0 Å². The van der Waals surface area contributed by atoms with Crippen LogP contribution in [0.25, 0.3) is 0 Å². The zero-order valence-corrected chi connectivity index (χ0v) is 16.3. The van der Waals surface area contributed by atoms with Gasteiger partial charge < -0.3 is 5.32 Å². The first-order valence-electron chi connectivity index (χ1n) is 5.66. The lowest BCUT2D eigenvalue weighted by Crippen LogP contribution is -2.21. The van der Waals surface area contributed by atoms with Crippen LogP contribution in [0.1, 0.15) is 23.4 Å². The number of rotatable bonds is 4. The summed E-state index contributed by atoms with van der Waals surface area (Å²) < 4.78 is 3.20. The van der Waals surface area contributed by atoms with E-state index in [2.05, 4.69) is 72.2 Å². The molecule has 0 radical (unpaired) electrons. The third-order valence-electron chi connectivity index (χ3n) is 2.63. The Balaban J connectivity index is 2.47. The van der Waals surface area contributed by atoms with Gasteiger partial charge in [0.05, 0.1) is 9.83 Å². The summed E-state index contributed by atoms with van der Waals surface area (Å²) in [6.07, 6.45) is 0. The minimum Gasteiger partial charge on any atom is -0.306 e. The first-order chi connectivity index (χ1) is 9.02. The van der Waals surface area contributed by atoms with E-state index < -0.39 is 0 Å². The largest absolute Gasteiger partial charge is 0.306 e. The molecule has 1 unspecified atom stereocenters. The lowest BCUT2D eigenvalue weighted by molar-refractivity contribution is 0.639. The van der Waals surface area contributed by atoms with E-state index >= 15 is 0 Å². The summed E-state index contributed by atoms with van der Waals surface area (Å²) in [5, 5.41) is 4.26. The third-order valence-corrected chi connectivity index (χ3v) is 6.78. The summed E-state index contributed by atoms with van der Waals surface area (Å²) in [4.78, 5) is 1.22. The van der Waals surface area contributed by atoms with Crippen molar-refractivity contribution in [3.05, 3.63) is 52.5 Å². The van der Waals surface area contributed by atoms with Crippen LogP contribution >= 0.6 is 70.7 Å². The van der Waals surface area contributed by atoms with Crippen molar-refractivity contribution in [2.24, 2.45) is 0 Å². The number of thiophene rings is 1. The van der Waals surface area contributed by atoms with Gasteiger partial charge in [0.2, 0.25) is 0 Å². The fourth-order valence-corrected chi connectivity index (χ4v) is 4.60. The van der Waals surface area contributed by atoms with Crippen molar-refractivity contribution in [3.63, 3.8) is 0 Å². The van der Waals surface area contributed by atoms with Gasteiger partial charge in [-0.05, 0) is 68.2 Å². The zero-order chi connectivity index (χ0) is 14.0. The van der Waals surface area contributed by atoms with Crippen molar-refractivity contribution in [2.75, 3.05) is 6.54 Å². The molecule has 0 fully saturated rings. The van der Waals surface area contributed by atoms with Crippen LogP contribution in [-0.2, 0) is 0 Å². The molecule has 2 rings (SSSR count). The Hall–Kier alpha value is 0.610. The molecule has 102 valence electrons. The molecule has 1 nitrogen and oxygen atoms in total. The fraction of sp³-hybridized carbons (Fsp3) is 0.231. The highest BCUT2D eigenvalue weighted by molar-refractivity contribution is 9.13. The van der Waals surface area contributed by atoms with E-state index in [0.29, 0.717) is 0 Å². The molecule has 0 spiro atoms. The number of hydrogen-bond donors (Lipinski definition) is 1. The van der Waals surface area contributed by atoms with Crippen molar-refractivity contribution < 1.29 is 0 Å². The molecule has 0 aliphatic carbocycles. The molecule has 1 N–H and O–H groups in total. The zero-order valence-electron chi connectivity index (χ0n) is 10.0. The molecule has 0 amide bonds. The Morgan fingerprint density at radius 2 is 2.00 bits per heavy atom. The molecule has 0 bridgehead atoms. The van der Waals surface area contributed by atoms with Gasteiger partial charge in [-0.25, -0.2) is 0 Å². The summed E-state index contributed by atoms with van der Waals surface area (Å²) in [6.45, 7) is 2.97. The van der Waals surface area contributed by atoms with Crippen LogP contribution in [0.5, 0.6) is 0 Å². The normalized spacial score (nSPS) is 12.7. The molecule has 0 saturated carbocycles. The Kier molecular flexibility index (Phi) is 5.93. The van der Waals surface area contributed by atoms with Crippen molar-refractivity contribution in [1.82, 2.24) is 5.32 Å². The van der Waals surface area contributed by atoms with Crippen LogP contribution in [0, 0.1) is 0 Å². The topological polar surface area (TPSA) is 12.0 Å². The minimum atomic E-state index is 0.0996. The third kappa shape index (κ3) is 3.83. The summed E-state index contributed by atoms with van der Waals surface area (Å²) in [5.41, 5.74) is 1.08. The van der Waals surface area contributed by atoms with Gasteiger partial charge in [0, 0.05) is 18.8 Å². The van der Waals surface area contributed by atoms with Crippen molar-refractivity contribution >= 4 is 70.7 Å². The fourth-order valence-electron chi connectivity index (χ4n) is 1.81. The van der Waals surface area contributed by atoms with Crippen LogP contribution in [0.3, 0.4) is 0 Å². The monoisotopic (exact) mass is 485 g/mol. The van der Waals surface area contributed by atoms with E-state index in [1.54, 1.807) is 11.3 Å². The van der Waals surface area contributed by atoms with E-state index in [1.807, 2.05) is 12.1 Å². The Morgan fingerprint density at radius 3 is 2.58 bits per heavy atom. The van der Waals surface area contributed by atoms with Crippen LogP contribution in [0.4, 0.5) is 0 Å². The number of halogens is 4. The first-order valence-corrected chi connectivity index (χ1v) is 9.23. The Bertz CT molecular complexity index is 566. The van der Waals surface area contributed by atoms with Crippen LogP contribution in [0.15, 0.2) is 37.0 Å². The van der Waals surface area contributed by atoms with E-state index in [0.717, 1.165) is 29.9 Å². The average Bonchev–Trinajstić information content (AvgIpc) is 2.70. The van der Waals surface area contributed by atoms with E-state index in [1.165, 1.54) is 4.88 Å². The van der Waals surface area contributed by atoms with Gasteiger partial charge in [0.1, 0.15) is 0 Å². The van der Waals surface area contributed by atoms with Gasteiger partial charge in [0.15, 0.2) is 0 Å². The van der Waals surface area contributed by atoms with Crippen molar-refractivity contribution in [3.8, 4) is 0 Å². The second-order valence-electron chi connectivity index (χ2n) is 3.93. The minimum absolute atomic E-state index is 0.0996. The molecule has 0 aliphatic rings. The summed E-state index contributed by atoms with van der Waals surface area (Å²) in [5.74, 6) is 0. The highest BCUT2D eigenvalue weighted by Crippen LogP contribution is 2.39. The summed E-state index contributed by atoms with van der Waals surface area (Å²) >= 11 is 18.6. The molecular weight excluding hydrogens is 477 g/mol. The van der Waals surface area contributed by atoms with Crippen molar-refractivity contribution in [2.45, 2.75) is 13.0 Å². The number of hydrogen-bond acceptors (Lipinski definition) is 2. The second kappa shape index (κ2) is 7.05. The lowest BCUT2D eigenvalue weighted by atomic mass is 10.1. The van der Waals surface area contributed by atoms with Crippen LogP contribution < -0.4 is 5.32 Å². The average molecular weight is 488 g/mol. The highest BCUT2D eigenvalue weighted by Gasteiger charge is 2.19. The molecule has 1 aromatic carbocycles. The first kappa shape index (κ1) is 16.0. The SMILES string of the molecule is CCNC(c1cc(Br)c(Br)s1)c1cc(Br)ccc1Cl. The molecule has 2 aromatic rings. The predicted octanol–water partition coefficient (Wildman–Crippen LogP) is 6.39. The highest BCUT2D eigenvalue weighted by atomic mass is 79.9. The lowest BCUT2D eigenvalue weighted by Gasteiger charge is -2.18. The predicted molar refractivity (Wildman–Crippen MR) is 94.4 cm³/mol. The van der Waals surface area contributed by atoms with E-state index in [4.69, 9.17) is 11.6 Å². The standard InChI is InChI=1S/C13H11Br3ClNS/c1-2-18-12(11-6-9(15)13(16)19-11)8-5-7(14)3-4-10(8)17/h3-6,12,18H,2H2,1H3. The van der Waals surface area contributed by atoms with Crippen LogP contribution in [-0.4, -0.2) is 6.54 Å². The molecule has 1 heterocycles. The molecule has 1 aromatic heterocycles. The second-order valence-corrected chi connectivity index (χ2v) is 8.51. The molecule has 19 heavy (non-hydrogen) atoms. The summed E-state index contributed by atoms with van der Waals surface area (Å²) in [6, 6.07) is 8.16. The maximum absolute atomic E-state index is 6.34. The van der Waals surface area contributed by atoms with Gasteiger partial charge in [-0.1, -0.05) is 34.5 Å². The van der Waals surface area contributed by atoms with Gasteiger partial charge in [-0.15, -0.1) is 11.3 Å². The van der Waals surface area contributed by atoms with Gasteiger partial charge >= 0.3 is 0 Å². The summed E-state index contributed by atoms with van der Waals surface area (Å²) in [7, 11) is 0. The smallest absolute Gasteiger partial charge is 0.0843 e.